The number of allylic oxidation sites excluding steroid dienone is 3. The van der Waals surface area contributed by atoms with Gasteiger partial charge in [0.2, 0.25) is 0 Å². The fourth-order valence-corrected chi connectivity index (χ4v) is 0.857. The molecule has 0 aromatic heterocycles. The third-order valence-corrected chi connectivity index (χ3v) is 1.35. The van der Waals surface area contributed by atoms with Gasteiger partial charge in [-0.1, -0.05) is 6.08 Å². The molecule has 1 aliphatic carbocycles. The van der Waals surface area contributed by atoms with Gasteiger partial charge < -0.3 is 9.84 Å². The molecule has 1 rings (SSSR count). The summed E-state index contributed by atoms with van der Waals surface area (Å²) >= 11 is 0. The van der Waals surface area contributed by atoms with Crippen LogP contribution in [0.15, 0.2) is 24.0 Å². The van der Waals surface area contributed by atoms with Crippen molar-refractivity contribution in [2.45, 2.75) is 12.6 Å². The number of ether oxygens (including phenoxy) is 1. The lowest BCUT2D eigenvalue weighted by Gasteiger charge is -2.09. The Hall–Kier alpha value is -1.32. The van der Waals surface area contributed by atoms with Gasteiger partial charge in [0, 0.05) is 6.42 Å². The first-order valence-corrected chi connectivity index (χ1v) is 3.55. The van der Waals surface area contributed by atoms with Crippen LogP contribution in [0.25, 0.3) is 0 Å². The molecule has 12 heavy (non-hydrogen) atoms. The lowest BCUT2D eigenvalue weighted by molar-refractivity contribution is -0.140. The van der Waals surface area contributed by atoms with Gasteiger partial charge in [0.15, 0.2) is 6.61 Å². The molecule has 1 atom stereocenters. The molecule has 0 aromatic carbocycles. The molecular weight excluding hydrogens is 163 g/mol. The Kier molecular flexibility index (Phi) is 2.85. The zero-order valence-electron chi connectivity index (χ0n) is 6.37. The molecule has 1 unspecified atom stereocenters. The monoisotopic (exact) mass is 172 g/mol. The maximum atomic E-state index is 12.6. The zero-order chi connectivity index (χ0) is 8.97. The minimum atomic E-state index is -1.06. The van der Waals surface area contributed by atoms with E-state index < -0.39 is 18.7 Å². The van der Waals surface area contributed by atoms with Crippen molar-refractivity contribution in [1.82, 2.24) is 0 Å². The summed E-state index contributed by atoms with van der Waals surface area (Å²) in [5.74, 6) is -0.776. The van der Waals surface area contributed by atoms with E-state index in [4.69, 9.17) is 9.84 Å². The van der Waals surface area contributed by atoms with Crippen LogP contribution < -0.4 is 0 Å². The molecular formula is C8H9FO3. The van der Waals surface area contributed by atoms with Crippen LogP contribution in [0.3, 0.4) is 0 Å². The zero-order valence-corrected chi connectivity index (χ0v) is 6.37. The summed E-state index contributed by atoms with van der Waals surface area (Å²) in [4.78, 5) is 10.1. The van der Waals surface area contributed by atoms with Crippen LogP contribution in [0.4, 0.5) is 4.39 Å². The molecule has 0 spiro atoms. The van der Waals surface area contributed by atoms with E-state index >= 15 is 0 Å². The number of carboxylic acids is 1. The second-order valence-electron chi connectivity index (χ2n) is 2.41. The highest BCUT2D eigenvalue weighted by molar-refractivity contribution is 5.68. The van der Waals surface area contributed by atoms with E-state index in [0.29, 0.717) is 6.42 Å². The molecule has 0 saturated carbocycles. The number of alkyl halides is 1. The van der Waals surface area contributed by atoms with Crippen molar-refractivity contribution in [1.29, 1.82) is 0 Å². The first-order chi connectivity index (χ1) is 5.68. The Labute approximate surface area is 69.1 Å². The summed E-state index contributed by atoms with van der Waals surface area (Å²) in [5, 5.41) is 8.24. The van der Waals surface area contributed by atoms with Crippen molar-refractivity contribution >= 4 is 5.97 Å². The van der Waals surface area contributed by atoms with Crippen molar-refractivity contribution in [3.63, 3.8) is 0 Å². The summed E-state index contributed by atoms with van der Waals surface area (Å²) in [7, 11) is 0. The molecule has 4 heteroatoms. The fraction of sp³-hybridized carbons (Fsp3) is 0.375. The molecule has 66 valence electrons. The second-order valence-corrected chi connectivity index (χ2v) is 2.41. The number of aliphatic carboxylic acids is 1. The summed E-state index contributed by atoms with van der Waals surface area (Å²) in [6.07, 6.45) is 3.72. The topological polar surface area (TPSA) is 46.5 Å². The fourth-order valence-electron chi connectivity index (χ4n) is 0.857. The van der Waals surface area contributed by atoms with Crippen LogP contribution in [0, 0.1) is 0 Å². The second kappa shape index (κ2) is 3.90. The van der Waals surface area contributed by atoms with Crippen LogP contribution in [0.2, 0.25) is 0 Å². The maximum absolute atomic E-state index is 12.6. The van der Waals surface area contributed by atoms with Crippen molar-refractivity contribution in [2.75, 3.05) is 6.61 Å². The Bertz CT molecular complexity index is 232. The molecule has 0 radical (unpaired) electrons. The third-order valence-electron chi connectivity index (χ3n) is 1.35. The van der Waals surface area contributed by atoms with Crippen LogP contribution in [0.5, 0.6) is 0 Å². The molecule has 0 bridgehead atoms. The van der Waals surface area contributed by atoms with Gasteiger partial charge in [-0.2, -0.15) is 0 Å². The predicted molar refractivity (Wildman–Crippen MR) is 40.3 cm³/mol. The van der Waals surface area contributed by atoms with Gasteiger partial charge >= 0.3 is 5.97 Å². The highest BCUT2D eigenvalue weighted by atomic mass is 19.1. The van der Waals surface area contributed by atoms with Gasteiger partial charge in [-0.25, -0.2) is 9.18 Å². The Morgan fingerprint density at radius 1 is 1.83 bits per heavy atom. The first-order valence-electron chi connectivity index (χ1n) is 3.55. The highest BCUT2D eigenvalue weighted by Crippen LogP contribution is 2.13. The van der Waals surface area contributed by atoms with Gasteiger partial charge in [0.1, 0.15) is 11.9 Å². The van der Waals surface area contributed by atoms with Gasteiger partial charge in [-0.3, -0.25) is 0 Å². The quantitative estimate of drug-likeness (QED) is 0.697. The smallest absolute Gasteiger partial charge is 0.341 e. The highest BCUT2D eigenvalue weighted by Gasteiger charge is 2.08. The third kappa shape index (κ3) is 2.74. The van der Waals surface area contributed by atoms with Crippen molar-refractivity contribution < 1.29 is 19.0 Å². The average Bonchev–Trinajstić information content (AvgIpc) is 2.01. The lowest BCUT2D eigenvalue weighted by Crippen LogP contribution is -2.08. The minimum absolute atomic E-state index is 0.288. The normalized spacial score (nSPS) is 21.8. The van der Waals surface area contributed by atoms with E-state index in [-0.39, 0.29) is 5.76 Å². The number of hydrogen-bond donors (Lipinski definition) is 1. The molecule has 1 aliphatic rings. The molecule has 3 nitrogen and oxygen atoms in total. The van der Waals surface area contributed by atoms with Gasteiger partial charge in [-0.15, -0.1) is 0 Å². The first kappa shape index (κ1) is 8.77. The molecule has 1 N–H and O–H groups in total. The molecule has 0 amide bonds. The summed E-state index contributed by atoms with van der Waals surface area (Å²) in [5.41, 5.74) is 0. The van der Waals surface area contributed by atoms with Crippen molar-refractivity contribution in [3.8, 4) is 0 Å². The number of rotatable bonds is 3. The van der Waals surface area contributed by atoms with Crippen LogP contribution in [0.1, 0.15) is 6.42 Å². The molecule has 0 fully saturated rings. The van der Waals surface area contributed by atoms with E-state index in [2.05, 4.69) is 0 Å². The van der Waals surface area contributed by atoms with E-state index in [1.54, 1.807) is 12.2 Å². The molecule has 0 aromatic rings. The average molecular weight is 172 g/mol. The number of carboxylic acid groups (broad SMARTS) is 1. The Morgan fingerprint density at radius 3 is 3.17 bits per heavy atom. The number of carbonyl (C=O) groups is 1. The lowest BCUT2D eigenvalue weighted by atomic mass is 10.1. The van der Waals surface area contributed by atoms with E-state index in [9.17, 15) is 9.18 Å². The number of hydrogen-bond acceptors (Lipinski definition) is 2. The van der Waals surface area contributed by atoms with Gasteiger partial charge in [0.05, 0.1) is 0 Å². The molecule has 0 aliphatic heterocycles. The van der Waals surface area contributed by atoms with Gasteiger partial charge in [-0.05, 0) is 12.2 Å². The van der Waals surface area contributed by atoms with E-state index in [0.717, 1.165) is 0 Å². The predicted octanol–water partition coefficient (Wildman–Crippen LogP) is 1.27. The summed E-state index contributed by atoms with van der Waals surface area (Å²) < 4.78 is 17.4. The SMILES string of the molecule is O=C(O)COC1=CC(F)CC=C1. The molecule has 0 heterocycles. The Balaban J connectivity index is 2.41. The van der Waals surface area contributed by atoms with Crippen LogP contribution in [-0.4, -0.2) is 23.9 Å². The van der Waals surface area contributed by atoms with Crippen molar-refractivity contribution in [2.24, 2.45) is 0 Å². The van der Waals surface area contributed by atoms with Crippen molar-refractivity contribution in [3.05, 3.63) is 24.0 Å². The van der Waals surface area contributed by atoms with E-state index in [1.807, 2.05) is 0 Å². The van der Waals surface area contributed by atoms with Gasteiger partial charge in [0.25, 0.3) is 0 Å². The number of halogens is 1. The standard InChI is InChI=1S/C8H9FO3/c9-6-2-1-3-7(4-6)12-5-8(10)11/h1,3-4,6H,2,5H2,(H,10,11). The molecule has 0 saturated heterocycles. The van der Waals surface area contributed by atoms with E-state index in [1.165, 1.54) is 6.08 Å². The largest absolute Gasteiger partial charge is 0.482 e. The van der Waals surface area contributed by atoms with Crippen LogP contribution in [-0.2, 0) is 9.53 Å². The Morgan fingerprint density at radius 2 is 2.58 bits per heavy atom. The minimum Gasteiger partial charge on any atom is -0.482 e. The maximum Gasteiger partial charge on any atom is 0.341 e. The summed E-state index contributed by atoms with van der Waals surface area (Å²) in [6, 6.07) is 0. The van der Waals surface area contributed by atoms with Crippen LogP contribution >= 0.6 is 0 Å². The summed E-state index contributed by atoms with van der Waals surface area (Å²) in [6.45, 7) is -0.428.